The van der Waals surface area contributed by atoms with Crippen molar-refractivity contribution in [2.24, 2.45) is 0 Å². The Bertz CT molecular complexity index is 3110. The molecule has 0 fully saturated rings. The van der Waals surface area contributed by atoms with Gasteiger partial charge in [0.05, 0.1) is 17.1 Å². The van der Waals surface area contributed by atoms with Crippen LogP contribution in [0, 0.1) is 0 Å². The minimum atomic E-state index is 0.949. The first-order valence-corrected chi connectivity index (χ1v) is 22.5. The molecule has 0 aliphatic carbocycles. The van der Waals surface area contributed by atoms with Crippen LogP contribution < -0.4 is 0 Å². The highest BCUT2D eigenvalue weighted by Gasteiger charge is 2.23. The number of rotatable bonds is 11. The van der Waals surface area contributed by atoms with Gasteiger partial charge >= 0.3 is 0 Å². The molecule has 0 saturated heterocycles. The number of nitrogens with zero attached hydrogens (tertiary/aromatic N) is 3. The van der Waals surface area contributed by atoms with E-state index < -0.39 is 0 Å². The standard InChI is InChI=1S/C59H43N3S/c1-2-10-44(11-3-1)51-30-31-56-58-52(51)32-35-62-59(58)53-29-28-47(39-57(53)63-56)49-12-4-5-13-50(49)48-37-42(18-16-40-20-24-45(25-21-40)54-14-6-8-33-60-54)36-43(38-48)19-17-41-22-26-46(27-23-41)55-15-7-9-34-61-55/h1-15,20-39H,16-19H2. The van der Waals surface area contributed by atoms with Crippen LogP contribution in [-0.4, -0.2) is 15.0 Å². The van der Waals surface area contributed by atoms with E-state index in [1.165, 1.54) is 81.8 Å². The molecule has 1 aliphatic heterocycles. The van der Waals surface area contributed by atoms with Gasteiger partial charge in [0.2, 0.25) is 0 Å². The van der Waals surface area contributed by atoms with Gasteiger partial charge in [-0.1, -0.05) is 163 Å². The van der Waals surface area contributed by atoms with E-state index in [1.807, 2.05) is 54.6 Å². The van der Waals surface area contributed by atoms with Crippen molar-refractivity contribution in [3.8, 4) is 67.2 Å². The van der Waals surface area contributed by atoms with Gasteiger partial charge in [-0.15, -0.1) is 0 Å². The number of aryl methyl sites for hydroxylation is 4. The Morgan fingerprint density at radius 3 is 1.49 bits per heavy atom. The Morgan fingerprint density at radius 2 is 0.873 bits per heavy atom. The summed E-state index contributed by atoms with van der Waals surface area (Å²) in [4.78, 5) is 16.6. The first kappa shape index (κ1) is 38.5. The first-order valence-electron chi connectivity index (χ1n) is 21.7. The van der Waals surface area contributed by atoms with Gasteiger partial charge in [0.25, 0.3) is 0 Å². The monoisotopic (exact) mass is 825 g/mol. The Labute approximate surface area is 373 Å². The summed E-state index contributed by atoms with van der Waals surface area (Å²) in [5, 5.41) is 2.48. The van der Waals surface area contributed by atoms with E-state index in [2.05, 4.69) is 180 Å². The van der Waals surface area contributed by atoms with Gasteiger partial charge in [0, 0.05) is 50.5 Å². The summed E-state index contributed by atoms with van der Waals surface area (Å²) in [5.74, 6) is 0. The largest absolute Gasteiger partial charge is 0.256 e. The summed E-state index contributed by atoms with van der Waals surface area (Å²) in [7, 11) is 0. The van der Waals surface area contributed by atoms with E-state index in [0.29, 0.717) is 0 Å². The Hall–Kier alpha value is -7.40. The summed E-state index contributed by atoms with van der Waals surface area (Å²) < 4.78 is 0. The molecule has 300 valence electrons. The summed E-state index contributed by atoms with van der Waals surface area (Å²) in [5.41, 5.74) is 19.3. The van der Waals surface area contributed by atoms with Crippen LogP contribution >= 0.6 is 11.8 Å². The SMILES string of the molecule is c1ccc(-c2ccc3c4c(nccc24)-c2ccc(-c4ccccc4-c4cc(CCc5ccc(-c6ccccn6)cc5)cc(CCc5ccc(-c6ccccn6)cc5)c4)cc2S3)cc1. The third-order valence-electron chi connectivity index (χ3n) is 12.3. The van der Waals surface area contributed by atoms with Crippen molar-refractivity contribution in [1.82, 2.24) is 15.0 Å². The second-order valence-electron chi connectivity index (χ2n) is 16.3. The molecule has 0 amide bonds. The van der Waals surface area contributed by atoms with Crippen molar-refractivity contribution in [2.75, 3.05) is 0 Å². The topological polar surface area (TPSA) is 38.7 Å². The maximum Gasteiger partial charge on any atom is 0.0803 e. The molecule has 10 aromatic rings. The Morgan fingerprint density at radius 1 is 0.317 bits per heavy atom. The van der Waals surface area contributed by atoms with Crippen molar-refractivity contribution in [3.63, 3.8) is 0 Å². The van der Waals surface area contributed by atoms with Crippen molar-refractivity contribution in [2.45, 2.75) is 35.5 Å². The van der Waals surface area contributed by atoms with E-state index in [1.54, 1.807) is 0 Å². The van der Waals surface area contributed by atoms with Gasteiger partial charge in [-0.05, 0) is 129 Å². The van der Waals surface area contributed by atoms with Crippen LogP contribution in [-0.2, 0) is 25.7 Å². The fourth-order valence-electron chi connectivity index (χ4n) is 9.04. The Kier molecular flexibility index (Phi) is 10.5. The second-order valence-corrected chi connectivity index (χ2v) is 17.4. The average molecular weight is 826 g/mol. The minimum absolute atomic E-state index is 0.949. The van der Waals surface area contributed by atoms with Crippen molar-refractivity contribution in [1.29, 1.82) is 0 Å². The smallest absolute Gasteiger partial charge is 0.0803 e. The molecule has 0 spiro atoms. The number of aromatic nitrogens is 3. The third-order valence-corrected chi connectivity index (χ3v) is 13.4. The second kappa shape index (κ2) is 17.2. The number of hydrogen-bond donors (Lipinski definition) is 0. The lowest BCUT2D eigenvalue weighted by Gasteiger charge is -2.22. The molecule has 0 N–H and O–H groups in total. The number of pyridine rings is 3. The molecular formula is C59H43N3S. The molecule has 0 unspecified atom stereocenters. The fraction of sp³-hybridized carbons (Fsp3) is 0.0678. The highest BCUT2D eigenvalue weighted by Crippen LogP contribution is 2.50. The van der Waals surface area contributed by atoms with E-state index in [-0.39, 0.29) is 0 Å². The van der Waals surface area contributed by atoms with Gasteiger partial charge in [-0.3, -0.25) is 15.0 Å². The molecule has 0 saturated carbocycles. The predicted molar refractivity (Wildman–Crippen MR) is 262 cm³/mol. The van der Waals surface area contributed by atoms with Gasteiger partial charge in [-0.2, -0.15) is 0 Å². The molecule has 0 bridgehead atoms. The van der Waals surface area contributed by atoms with Crippen molar-refractivity contribution < 1.29 is 0 Å². The van der Waals surface area contributed by atoms with Crippen LogP contribution in [0.5, 0.6) is 0 Å². The third kappa shape index (κ3) is 7.98. The van der Waals surface area contributed by atoms with Gasteiger partial charge in [-0.25, -0.2) is 0 Å². The van der Waals surface area contributed by atoms with Crippen LogP contribution in [0.2, 0.25) is 0 Å². The molecule has 0 atom stereocenters. The lowest BCUT2D eigenvalue weighted by Crippen LogP contribution is -1.98. The summed E-state index contributed by atoms with van der Waals surface area (Å²) in [6, 6.07) is 70.5. The van der Waals surface area contributed by atoms with E-state index in [0.717, 1.165) is 53.9 Å². The molecule has 3 aromatic heterocycles. The summed E-state index contributed by atoms with van der Waals surface area (Å²) >= 11 is 1.86. The van der Waals surface area contributed by atoms with Crippen LogP contribution in [0.4, 0.5) is 0 Å². The summed E-state index contributed by atoms with van der Waals surface area (Å²) in [6.45, 7) is 0. The quantitative estimate of drug-likeness (QED) is 0.130. The van der Waals surface area contributed by atoms with Gasteiger partial charge in [0.1, 0.15) is 0 Å². The number of benzene rings is 7. The fourth-order valence-corrected chi connectivity index (χ4v) is 10.2. The van der Waals surface area contributed by atoms with Crippen LogP contribution in [0.1, 0.15) is 22.3 Å². The normalized spacial score (nSPS) is 11.7. The zero-order chi connectivity index (χ0) is 42.0. The highest BCUT2D eigenvalue weighted by atomic mass is 32.2. The maximum absolute atomic E-state index is 5.00. The van der Waals surface area contributed by atoms with E-state index >= 15 is 0 Å². The molecule has 1 aliphatic rings. The lowest BCUT2D eigenvalue weighted by molar-refractivity contribution is 0.931. The van der Waals surface area contributed by atoms with Gasteiger partial charge in [0.15, 0.2) is 0 Å². The Balaban J connectivity index is 0.917. The van der Waals surface area contributed by atoms with Crippen molar-refractivity contribution >= 4 is 22.5 Å². The lowest BCUT2D eigenvalue weighted by atomic mass is 9.89. The summed E-state index contributed by atoms with van der Waals surface area (Å²) in [6.07, 6.45) is 9.49. The molecule has 4 heteroatoms. The van der Waals surface area contributed by atoms with E-state index in [9.17, 15) is 0 Å². The molecule has 4 heterocycles. The first-order chi connectivity index (χ1) is 31.2. The van der Waals surface area contributed by atoms with Crippen LogP contribution in [0.25, 0.3) is 77.9 Å². The predicted octanol–water partition coefficient (Wildman–Crippen LogP) is 15.1. The number of fused-ring (bicyclic) bond motifs is 2. The number of hydrogen-bond acceptors (Lipinski definition) is 4. The molecule has 3 nitrogen and oxygen atoms in total. The highest BCUT2D eigenvalue weighted by molar-refractivity contribution is 7.99. The van der Waals surface area contributed by atoms with Crippen LogP contribution in [0.3, 0.4) is 0 Å². The van der Waals surface area contributed by atoms with Crippen molar-refractivity contribution in [3.05, 3.63) is 235 Å². The maximum atomic E-state index is 5.00. The van der Waals surface area contributed by atoms with E-state index in [4.69, 9.17) is 4.98 Å². The molecule has 11 rings (SSSR count). The molecular weight excluding hydrogens is 783 g/mol. The van der Waals surface area contributed by atoms with Crippen LogP contribution in [0.15, 0.2) is 223 Å². The molecule has 7 aromatic carbocycles. The molecule has 0 radical (unpaired) electrons. The molecule has 63 heavy (non-hydrogen) atoms. The minimum Gasteiger partial charge on any atom is -0.256 e. The average Bonchev–Trinajstić information content (AvgIpc) is 3.36. The zero-order valence-corrected chi connectivity index (χ0v) is 35.6. The van der Waals surface area contributed by atoms with Gasteiger partial charge < -0.3 is 0 Å². The zero-order valence-electron chi connectivity index (χ0n) is 34.8.